The molecule has 0 atom stereocenters. The molecule has 0 aliphatic carbocycles. The molecule has 0 aromatic heterocycles. The maximum atomic E-state index is 11.4. The number of hydrogen-bond acceptors (Lipinski definition) is 3. The molecule has 0 fully saturated rings. The lowest BCUT2D eigenvalue weighted by atomic mass is 10.1. The van der Waals surface area contributed by atoms with Gasteiger partial charge in [0.05, 0.1) is 12.3 Å². The third-order valence-electron chi connectivity index (χ3n) is 2.37. The minimum atomic E-state index is -0.475. The largest absolute Gasteiger partial charge is 0.450 e. The lowest BCUT2D eigenvalue weighted by Gasteiger charge is -2.06. The highest BCUT2D eigenvalue weighted by Gasteiger charge is 2.04. The molecule has 0 aliphatic rings. The van der Waals surface area contributed by atoms with E-state index in [1.165, 1.54) is 0 Å². The van der Waals surface area contributed by atoms with E-state index in [4.69, 9.17) is 9.84 Å². The van der Waals surface area contributed by atoms with E-state index in [1.807, 2.05) is 18.2 Å². The molecule has 0 saturated heterocycles. The predicted molar refractivity (Wildman–Crippen MR) is 74.9 cm³/mol. The van der Waals surface area contributed by atoms with Gasteiger partial charge >= 0.3 is 6.09 Å². The molecule has 19 heavy (non-hydrogen) atoms. The number of benzene rings is 1. The van der Waals surface area contributed by atoms with Crippen molar-refractivity contribution >= 4 is 11.8 Å². The number of aliphatic hydroxyl groups excluding tert-OH is 1. The number of unbranched alkanes of at least 4 members (excludes halogenated alkanes) is 2. The van der Waals surface area contributed by atoms with Gasteiger partial charge in [0.25, 0.3) is 0 Å². The summed E-state index contributed by atoms with van der Waals surface area (Å²) in [5.74, 6) is 6.05. The first kappa shape index (κ1) is 15.1. The lowest BCUT2D eigenvalue weighted by Crippen LogP contribution is -2.14. The molecule has 1 amide bonds. The molecule has 0 radical (unpaired) electrons. The van der Waals surface area contributed by atoms with Crippen LogP contribution in [0.5, 0.6) is 0 Å². The van der Waals surface area contributed by atoms with Gasteiger partial charge in [-0.3, -0.25) is 5.32 Å². The summed E-state index contributed by atoms with van der Waals surface area (Å²) in [7, 11) is 0. The first-order valence-corrected chi connectivity index (χ1v) is 6.40. The Morgan fingerprint density at radius 1 is 1.37 bits per heavy atom. The highest BCUT2D eigenvalue weighted by atomic mass is 16.5. The van der Waals surface area contributed by atoms with Crippen LogP contribution in [0.1, 0.15) is 31.7 Å². The Balaban J connectivity index is 2.64. The highest BCUT2D eigenvalue weighted by Crippen LogP contribution is 2.14. The van der Waals surface area contributed by atoms with Crippen molar-refractivity contribution in [1.82, 2.24) is 0 Å². The van der Waals surface area contributed by atoms with Crippen molar-refractivity contribution in [2.24, 2.45) is 0 Å². The molecule has 4 heteroatoms. The smallest absolute Gasteiger partial charge is 0.411 e. The molecule has 4 nitrogen and oxygen atoms in total. The minimum Gasteiger partial charge on any atom is -0.450 e. The molecule has 1 aromatic rings. The highest BCUT2D eigenvalue weighted by molar-refractivity contribution is 5.86. The van der Waals surface area contributed by atoms with Crippen LogP contribution < -0.4 is 5.32 Å². The van der Waals surface area contributed by atoms with Crippen LogP contribution in [-0.4, -0.2) is 24.4 Å². The standard InChI is InChI=1S/C15H19NO3/c1-2-19-15(18)16-14-11-7-6-10-13(14)9-5-3-4-8-12-17/h6-7,10-11,17H,2-4,8,12H2,1H3,(H,16,18). The van der Waals surface area contributed by atoms with E-state index in [0.717, 1.165) is 24.8 Å². The number of carbonyl (C=O) groups excluding carboxylic acids is 1. The molecule has 0 bridgehead atoms. The fourth-order valence-electron chi connectivity index (χ4n) is 1.46. The van der Waals surface area contributed by atoms with Crippen molar-refractivity contribution in [2.75, 3.05) is 18.5 Å². The number of carbonyl (C=O) groups is 1. The zero-order valence-corrected chi connectivity index (χ0v) is 11.1. The summed E-state index contributed by atoms with van der Waals surface area (Å²) in [4.78, 5) is 11.4. The molecular formula is C15H19NO3. The van der Waals surface area contributed by atoms with E-state index in [2.05, 4.69) is 17.2 Å². The Morgan fingerprint density at radius 2 is 2.16 bits per heavy atom. The van der Waals surface area contributed by atoms with Gasteiger partial charge in [-0.2, -0.15) is 0 Å². The molecule has 0 spiro atoms. The lowest BCUT2D eigenvalue weighted by molar-refractivity contribution is 0.168. The first-order valence-electron chi connectivity index (χ1n) is 6.40. The van der Waals surface area contributed by atoms with Crippen LogP contribution in [0.4, 0.5) is 10.5 Å². The fraction of sp³-hybridized carbons (Fsp3) is 0.400. The SMILES string of the molecule is CCOC(=O)Nc1ccccc1C#CCCCCO. The molecular weight excluding hydrogens is 242 g/mol. The number of para-hydroxylation sites is 1. The van der Waals surface area contributed by atoms with Crippen molar-refractivity contribution in [3.63, 3.8) is 0 Å². The van der Waals surface area contributed by atoms with E-state index in [1.54, 1.807) is 13.0 Å². The van der Waals surface area contributed by atoms with Crippen LogP contribution in [0.15, 0.2) is 24.3 Å². The van der Waals surface area contributed by atoms with E-state index < -0.39 is 6.09 Å². The fourth-order valence-corrected chi connectivity index (χ4v) is 1.46. The van der Waals surface area contributed by atoms with E-state index in [9.17, 15) is 4.79 Å². The monoisotopic (exact) mass is 261 g/mol. The molecule has 0 unspecified atom stereocenters. The third kappa shape index (κ3) is 5.94. The Morgan fingerprint density at radius 3 is 2.89 bits per heavy atom. The summed E-state index contributed by atoms with van der Waals surface area (Å²) in [6.07, 6.45) is 1.89. The summed E-state index contributed by atoms with van der Waals surface area (Å²) in [6, 6.07) is 7.34. The molecule has 1 rings (SSSR count). The second kappa shape index (κ2) is 9.01. The summed E-state index contributed by atoms with van der Waals surface area (Å²) in [5.41, 5.74) is 1.41. The first-order chi connectivity index (χ1) is 9.27. The summed E-state index contributed by atoms with van der Waals surface area (Å²) in [6.45, 7) is 2.29. The zero-order valence-electron chi connectivity index (χ0n) is 11.1. The Bertz CT molecular complexity index is 460. The van der Waals surface area contributed by atoms with Gasteiger partial charge in [0.2, 0.25) is 0 Å². The van der Waals surface area contributed by atoms with Gasteiger partial charge in [0.1, 0.15) is 0 Å². The van der Waals surface area contributed by atoms with Crippen LogP contribution in [0.2, 0.25) is 0 Å². The van der Waals surface area contributed by atoms with Crippen LogP contribution in [0, 0.1) is 11.8 Å². The molecule has 1 aromatic carbocycles. The molecule has 0 aliphatic heterocycles. The molecule has 2 N–H and O–H groups in total. The average Bonchev–Trinajstić information content (AvgIpc) is 2.40. The number of hydrogen-bond donors (Lipinski definition) is 2. The minimum absolute atomic E-state index is 0.197. The van der Waals surface area contributed by atoms with E-state index >= 15 is 0 Å². The van der Waals surface area contributed by atoms with Crippen LogP contribution >= 0.6 is 0 Å². The maximum absolute atomic E-state index is 11.4. The van der Waals surface area contributed by atoms with Crippen LogP contribution in [-0.2, 0) is 4.74 Å². The second-order valence-corrected chi connectivity index (χ2v) is 3.87. The second-order valence-electron chi connectivity index (χ2n) is 3.87. The van der Waals surface area contributed by atoms with E-state index in [-0.39, 0.29) is 6.61 Å². The quantitative estimate of drug-likeness (QED) is 0.633. The van der Waals surface area contributed by atoms with Crippen molar-refractivity contribution in [2.45, 2.75) is 26.2 Å². The van der Waals surface area contributed by atoms with Crippen molar-refractivity contribution in [3.05, 3.63) is 29.8 Å². The Kier molecular flexibility index (Phi) is 7.14. The number of anilines is 1. The molecule has 0 heterocycles. The third-order valence-corrected chi connectivity index (χ3v) is 2.37. The Labute approximate surface area is 113 Å². The van der Waals surface area contributed by atoms with Gasteiger partial charge in [0.15, 0.2) is 0 Å². The van der Waals surface area contributed by atoms with Crippen LogP contribution in [0.25, 0.3) is 0 Å². The van der Waals surface area contributed by atoms with Crippen molar-refractivity contribution in [1.29, 1.82) is 0 Å². The van der Waals surface area contributed by atoms with Gasteiger partial charge in [-0.15, -0.1) is 0 Å². The number of aliphatic hydroxyl groups is 1. The summed E-state index contributed by atoms with van der Waals surface area (Å²) in [5, 5.41) is 11.3. The number of rotatable bonds is 5. The molecule has 0 saturated carbocycles. The maximum Gasteiger partial charge on any atom is 0.411 e. The topological polar surface area (TPSA) is 58.6 Å². The number of amides is 1. The van der Waals surface area contributed by atoms with Gasteiger partial charge in [0, 0.05) is 18.6 Å². The number of nitrogens with one attached hydrogen (secondary N) is 1. The van der Waals surface area contributed by atoms with Gasteiger partial charge in [-0.05, 0) is 31.9 Å². The zero-order chi connectivity index (χ0) is 13.9. The number of ether oxygens (including phenoxy) is 1. The predicted octanol–water partition coefficient (Wildman–Crippen LogP) is 2.77. The van der Waals surface area contributed by atoms with Crippen LogP contribution in [0.3, 0.4) is 0 Å². The van der Waals surface area contributed by atoms with Gasteiger partial charge in [-0.1, -0.05) is 24.0 Å². The van der Waals surface area contributed by atoms with E-state index in [0.29, 0.717) is 12.3 Å². The molecule has 102 valence electrons. The summed E-state index contributed by atoms with van der Waals surface area (Å²) < 4.78 is 4.83. The Hall–Kier alpha value is -1.99. The van der Waals surface area contributed by atoms with Crippen molar-refractivity contribution in [3.8, 4) is 11.8 Å². The van der Waals surface area contributed by atoms with Crippen molar-refractivity contribution < 1.29 is 14.6 Å². The normalized spacial score (nSPS) is 9.37. The van der Waals surface area contributed by atoms with Gasteiger partial charge < -0.3 is 9.84 Å². The summed E-state index contributed by atoms with van der Waals surface area (Å²) >= 11 is 0. The average molecular weight is 261 g/mol. The van der Waals surface area contributed by atoms with Gasteiger partial charge in [-0.25, -0.2) is 4.79 Å².